The van der Waals surface area contributed by atoms with Crippen LogP contribution in [-0.4, -0.2) is 11.9 Å². The van der Waals surface area contributed by atoms with Crippen molar-refractivity contribution in [2.75, 3.05) is 0 Å². The third kappa shape index (κ3) is 8.76. The van der Waals surface area contributed by atoms with Gasteiger partial charge in [0, 0.05) is 5.92 Å². The molecule has 176 valence electrons. The molecule has 0 amide bonds. The summed E-state index contributed by atoms with van der Waals surface area (Å²) < 4.78 is 0. The van der Waals surface area contributed by atoms with Crippen LogP contribution in [0.2, 0.25) is 0 Å². The number of allylic oxidation sites excluding steroid dienone is 1. The summed E-state index contributed by atoms with van der Waals surface area (Å²) in [5.41, 5.74) is 4.89. The van der Waals surface area contributed by atoms with Crippen molar-refractivity contribution in [2.24, 2.45) is 22.0 Å². The summed E-state index contributed by atoms with van der Waals surface area (Å²) in [4.78, 5) is 0. The lowest BCUT2D eigenvalue weighted by Crippen LogP contribution is -2.22. The maximum Gasteiger partial charge on any atom is 0.0733 e. The number of aryl methyl sites for hydroxylation is 1. The van der Waals surface area contributed by atoms with Crippen LogP contribution in [0.25, 0.3) is 0 Å². The van der Waals surface area contributed by atoms with E-state index in [-0.39, 0.29) is 0 Å². The molecule has 33 heavy (non-hydrogen) atoms. The zero-order valence-corrected chi connectivity index (χ0v) is 20.6. The summed E-state index contributed by atoms with van der Waals surface area (Å²) in [6, 6.07) is 19.4. The van der Waals surface area contributed by atoms with Crippen LogP contribution in [0.4, 0.5) is 0 Å². The van der Waals surface area contributed by atoms with Crippen LogP contribution >= 0.6 is 0 Å². The van der Waals surface area contributed by atoms with Crippen molar-refractivity contribution < 1.29 is 0 Å². The molecule has 2 aromatic rings. The first kappa shape index (κ1) is 25.1. The van der Waals surface area contributed by atoms with Gasteiger partial charge in [-0.25, -0.2) is 0 Å². The first-order chi connectivity index (χ1) is 16.3. The third-order valence-corrected chi connectivity index (χ3v) is 6.99. The maximum absolute atomic E-state index is 4.78. The quantitative estimate of drug-likeness (QED) is 0.128. The molecule has 0 radical (unpaired) electrons. The molecule has 1 saturated carbocycles. The molecule has 2 aromatic carbocycles. The lowest BCUT2D eigenvalue weighted by atomic mass is 9.76. The Balaban J connectivity index is 1.61. The van der Waals surface area contributed by atoms with Gasteiger partial charge in [-0.2, -0.15) is 10.2 Å². The number of rotatable bonds is 13. The Kier molecular flexibility index (Phi) is 11.1. The van der Waals surface area contributed by atoms with Gasteiger partial charge in [-0.3, -0.25) is 0 Å². The summed E-state index contributed by atoms with van der Waals surface area (Å²) in [5, 5.41) is 9.32. The zero-order valence-electron chi connectivity index (χ0n) is 20.6. The molecule has 1 aliphatic rings. The molecule has 3 rings (SSSR count). The van der Waals surface area contributed by atoms with Gasteiger partial charge in [0.25, 0.3) is 0 Å². The highest BCUT2D eigenvalue weighted by Gasteiger charge is 2.25. The van der Waals surface area contributed by atoms with Crippen molar-refractivity contribution in [3.05, 3.63) is 83.9 Å². The minimum Gasteiger partial charge on any atom is -0.158 e. The van der Waals surface area contributed by atoms with E-state index in [1.807, 2.05) is 12.3 Å². The minimum atomic E-state index is 0.518. The van der Waals surface area contributed by atoms with E-state index in [0.29, 0.717) is 5.92 Å². The molecule has 2 nitrogen and oxygen atoms in total. The largest absolute Gasteiger partial charge is 0.158 e. The molecule has 1 fully saturated rings. The van der Waals surface area contributed by atoms with Crippen molar-refractivity contribution in [2.45, 2.75) is 84.0 Å². The van der Waals surface area contributed by atoms with Crippen LogP contribution in [0.3, 0.4) is 0 Å². The normalized spacial score (nSPS) is 19.1. The van der Waals surface area contributed by atoms with Crippen molar-refractivity contribution >= 4 is 11.9 Å². The second kappa shape index (κ2) is 14.6. The molecule has 1 aliphatic carbocycles. The highest BCUT2D eigenvalue weighted by Crippen LogP contribution is 2.34. The highest BCUT2D eigenvalue weighted by atomic mass is 15.2. The van der Waals surface area contributed by atoms with Crippen molar-refractivity contribution in [1.82, 2.24) is 0 Å². The second-order valence-corrected chi connectivity index (χ2v) is 9.59. The average Bonchev–Trinajstić information content (AvgIpc) is 2.87. The number of benzene rings is 2. The van der Waals surface area contributed by atoms with E-state index in [4.69, 9.17) is 5.10 Å². The van der Waals surface area contributed by atoms with Crippen LogP contribution in [0.1, 0.15) is 94.2 Å². The van der Waals surface area contributed by atoms with Gasteiger partial charge in [-0.1, -0.05) is 93.3 Å². The van der Waals surface area contributed by atoms with Gasteiger partial charge >= 0.3 is 0 Å². The van der Waals surface area contributed by atoms with Gasteiger partial charge in [-0.05, 0) is 74.0 Å². The molecule has 0 unspecified atom stereocenters. The molecule has 0 atom stereocenters. The molecule has 0 aromatic heterocycles. The fraction of sp³-hybridized carbons (Fsp3) is 0.484. The Morgan fingerprint density at radius 3 is 2.36 bits per heavy atom. The van der Waals surface area contributed by atoms with Crippen LogP contribution < -0.4 is 0 Å². The van der Waals surface area contributed by atoms with E-state index >= 15 is 0 Å². The predicted molar refractivity (Wildman–Crippen MR) is 144 cm³/mol. The van der Waals surface area contributed by atoms with Gasteiger partial charge in [-0.15, -0.1) is 6.58 Å². The lowest BCUT2D eigenvalue weighted by Gasteiger charge is -2.29. The lowest BCUT2D eigenvalue weighted by molar-refractivity contribution is 0.299. The summed E-state index contributed by atoms with van der Waals surface area (Å²) in [5.74, 6) is 1.42. The number of nitrogens with zero attached hydrogens (tertiary/aromatic N) is 2. The van der Waals surface area contributed by atoms with E-state index in [2.05, 4.69) is 73.2 Å². The Morgan fingerprint density at radius 1 is 0.909 bits per heavy atom. The van der Waals surface area contributed by atoms with Crippen LogP contribution in [0.15, 0.2) is 77.5 Å². The molecule has 0 spiro atoms. The van der Waals surface area contributed by atoms with Crippen LogP contribution in [0.5, 0.6) is 0 Å². The molecule has 0 N–H and O–H groups in total. The number of unbranched alkanes of at least 4 members (excludes halogenated alkanes) is 4. The minimum absolute atomic E-state index is 0.518. The van der Waals surface area contributed by atoms with E-state index in [1.54, 1.807) is 0 Å². The first-order valence-corrected chi connectivity index (χ1v) is 13.2. The Bertz CT molecular complexity index is 856. The van der Waals surface area contributed by atoms with E-state index in [9.17, 15) is 0 Å². The highest BCUT2D eigenvalue weighted by molar-refractivity contribution is 6.02. The SMILES string of the molecule is C=CCCCCc1ccc(C=NN=C(c2ccccc2)C2CCC(CCCCC)CC2)cc1. The average molecular weight is 443 g/mol. The standard InChI is InChI=1S/C31H42N2/c1-3-5-7-10-14-26-17-19-28(20-18-26)25-32-33-31(29-15-11-8-12-16-29)30-23-21-27(22-24-30)13-9-6-4-2/h3,8,11-12,15-20,25,27,30H,1,4-7,9-10,13-14,21-24H2,2H3. The smallest absolute Gasteiger partial charge is 0.0733 e. The summed E-state index contributed by atoms with van der Waals surface area (Å²) in [7, 11) is 0. The van der Waals surface area contributed by atoms with E-state index in [0.717, 1.165) is 30.0 Å². The maximum atomic E-state index is 4.78. The molecule has 0 saturated heterocycles. The van der Waals surface area contributed by atoms with Gasteiger partial charge in [0.1, 0.15) is 0 Å². The second-order valence-electron chi connectivity index (χ2n) is 9.59. The Hall–Kier alpha value is -2.48. The summed E-state index contributed by atoms with van der Waals surface area (Å²) in [6.45, 7) is 6.09. The van der Waals surface area contributed by atoms with Gasteiger partial charge < -0.3 is 0 Å². The van der Waals surface area contributed by atoms with Crippen molar-refractivity contribution in [3.8, 4) is 0 Å². The molecule has 0 bridgehead atoms. The Morgan fingerprint density at radius 2 is 1.67 bits per heavy atom. The molecule has 0 aliphatic heterocycles. The van der Waals surface area contributed by atoms with Gasteiger partial charge in [0.15, 0.2) is 0 Å². The molecule has 2 heteroatoms. The van der Waals surface area contributed by atoms with Crippen LogP contribution in [-0.2, 0) is 6.42 Å². The predicted octanol–water partition coefficient (Wildman–Crippen LogP) is 8.80. The van der Waals surface area contributed by atoms with Crippen molar-refractivity contribution in [1.29, 1.82) is 0 Å². The van der Waals surface area contributed by atoms with Crippen molar-refractivity contribution in [3.63, 3.8) is 0 Å². The molecule has 0 heterocycles. The third-order valence-electron chi connectivity index (χ3n) is 6.99. The summed E-state index contributed by atoms with van der Waals surface area (Å²) >= 11 is 0. The number of hydrogen-bond donors (Lipinski definition) is 0. The Labute approximate surface area is 201 Å². The van der Waals surface area contributed by atoms with E-state index < -0.39 is 0 Å². The molecular weight excluding hydrogens is 400 g/mol. The summed E-state index contributed by atoms with van der Waals surface area (Å²) in [6.07, 6.45) is 19.2. The topological polar surface area (TPSA) is 24.7 Å². The fourth-order valence-corrected chi connectivity index (χ4v) is 4.94. The first-order valence-electron chi connectivity index (χ1n) is 13.2. The zero-order chi connectivity index (χ0) is 23.1. The molecular formula is C31H42N2. The van der Waals surface area contributed by atoms with Gasteiger partial charge in [0.2, 0.25) is 0 Å². The number of hydrogen-bond acceptors (Lipinski definition) is 2. The fourth-order valence-electron chi connectivity index (χ4n) is 4.94. The van der Waals surface area contributed by atoms with Crippen LogP contribution in [0, 0.1) is 11.8 Å². The monoisotopic (exact) mass is 442 g/mol. The van der Waals surface area contributed by atoms with Gasteiger partial charge in [0.05, 0.1) is 11.9 Å². The van der Waals surface area contributed by atoms with E-state index in [1.165, 1.54) is 75.3 Å².